The molecule has 1 heterocycles. The quantitative estimate of drug-likeness (QED) is 0.840. The van der Waals surface area contributed by atoms with Gasteiger partial charge < -0.3 is 10.2 Å². The maximum absolute atomic E-state index is 12.6. The second kappa shape index (κ2) is 8.17. The van der Waals surface area contributed by atoms with Crippen molar-refractivity contribution in [2.24, 2.45) is 11.8 Å². The van der Waals surface area contributed by atoms with Crippen molar-refractivity contribution < 1.29 is 4.79 Å². The summed E-state index contributed by atoms with van der Waals surface area (Å²) in [7, 11) is 0. The lowest BCUT2D eigenvalue weighted by molar-refractivity contribution is -0.138. The van der Waals surface area contributed by atoms with E-state index < -0.39 is 0 Å². The van der Waals surface area contributed by atoms with Crippen molar-refractivity contribution in [3.05, 3.63) is 0 Å². The van der Waals surface area contributed by atoms with E-state index in [-0.39, 0.29) is 5.92 Å². The van der Waals surface area contributed by atoms with Crippen LogP contribution in [-0.2, 0) is 4.79 Å². The third kappa shape index (κ3) is 4.70. The molecule has 21 heavy (non-hydrogen) atoms. The molecule has 0 spiro atoms. The SMILES string of the molecule is CCC(CC)C(=O)N1CC(C)CC(NC2CCCCC2)C1. The predicted octanol–water partition coefficient (Wildman–Crippen LogP) is 3.58. The standard InChI is InChI=1S/C18H34N2O/c1-4-15(5-2)18(21)20-12-14(3)11-17(13-20)19-16-9-7-6-8-10-16/h14-17,19H,4-13H2,1-3H3. The Morgan fingerprint density at radius 2 is 1.76 bits per heavy atom. The molecule has 122 valence electrons. The first-order valence-electron chi connectivity index (χ1n) is 9.18. The number of carbonyl (C=O) groups excluding carboxylic acids is 1. The Balaban J connectivity index is 1.90. The van der Waals surface area contributed by atoms with Gasteiger partial charge in [0.15, 0.2) is 0 Å². The number of amides is 1. The molecular weight excluding hydrogens is 260 g/mol. The van der Waals surface area contributed by atoms with E-state index in [1.165, 1.54) is 38.5 Å². The van der Waals surface area contributed by atoms with Gasteiger partial charge in [-0.25, -0.2) is 0 Å². The molecule has 3 heteroatoms. The summed E-state index contributed by atoms with van der Waals surface area (Å²) in [5, 5.41) is 3.85. The van der Waals surface area contributed by atoms with Crippen molar-refractivity contribution >= 4 is 5.91 Å². The molecule has 2 rings (SSSR count). The highest BCUT2D eigenvalue weighted by Gasteiger charge is 2.31. The van der Waals surface area contributed by atoms with Gasteiger partial charge in [-0.3, -0.25) is 4.79 Å². The average molecular weight is 294 g/mol. The molecular formula is C18H34N2O. The molecule has 0 aromatic rings. The van der Waals surface area contributed by atoms with Gasteiger partial charge in [0.25, 0.3) is 0 Å². The third-order valence-corrected chi connectivity index (χ3v) is 5.38. The van der Waals surface area contributed by atoms with Crippen LogP contribution in [-0.4, -0.2) is 36.0 Å². The molecule has 2 unspecified atom stereocenters. The van der Waals surface area contributed by atoms with Gasteiger partial charge in [-0.2, -0.15) is 0 Å². The number of carbonyl (C=O) groups is 1. The minimum Gasteiger partial charge on any atom is -0.341 e. The van der Waals surface area contributed by atoms with E-state index in [0.717, 1.165) is 25.9 Å². The molecule has 1 N–H and O–H groups in total. The second-order valence-corrected chi connectivity index (χ2v) is 7.30. The van der Waals surface area contributed by atoms with Crippen LogP contribution in [0.15, 0.2) is 0 Å². The minimum atomic E-state index is 0.227. The Bertz CT molecular complexity index is 321. The zero-order valence-electron chi connectivity index (χ0n) is 14.2. The molecule has 2 fully saturated rings. The van der Waals surface area contributed by atoms with E-state index in [0.29, 0.717) is 23.9 Å². The zero-order chi connectivity index (χ0) is 15.2. The molecule has 0 radical (unpaired) electrons. The van der Waals surface area contributed by atoms with E-state index in [4.69, 9.17) is 0 Å². The molecule has 1 aliphatic carbocycles. The molecule has 0 bridgehead atoms. The monoisotopic (exact) mass is 294 g/mol. The first-order valence-corrected chi connectivity index (χ1v) is 9.18. The summed E-state index contributed by atoms with van der Waals surface area (Å²) < 4.78 is 0. The van der Waals surface area contributed by atoms with Crippen LogP contribution < -0.4 is 5.32 Å². The van der Waals surface area contributed by atoms with E-state index >= 15 is 0 Å². The summed E-state index contributed by atoms with van der Waals surface area (Å²) in [4.78, 5) is 14.8. The van der Waals surface area contributed by atoms with E-state index in [9.17, 15) is 4.79 Å². The smallest absolute Gasteiger partial charge is 0.225 e. The zero-order valence-corrected chi connectivity index (χ0v) is 14.2. The normalized spacial score (nSPS) is 28.1. The predicted molar refractivity (Wildman–Crippen MR) is 88.2 cm³/mol. The number of hydrogen-bond acceptors (Lipinski definition) is 2. The molecule has 3 nitrogen and oxygen atoms in total. The van der Waals surface area contributed by atoms with Gasteiger partial charge in [0.05, 0.1) is 0 Å². The van der Waals surface area contributed by atoms with Crippen LogP contribution in [0.1, 0.15) is 72.1 Å². The number of nitrogens with zero attached hydrogens (tertiary/aromatic N) is 1. The van der Waals surface area contributed by atoms with E-state index in [2.05, 4.69) is 31.0 Å². The van der Waals surface area contributed by atoms with Crippen molar-refractivity contribution in [2.45, 2.75) is 84.2 Å². The fourth-order valence-electron chi connectivity index (χ4n) is 4.15. The van der Waals surface area contributed by atoms with Crippen LogP contribution in [0, 0.1) is 11.8 Å². The fourth-order valence-corrected chi connectivity index (χ4v) is 4.15. The number of hydrogen-bond donors (Lipinski definition) is 1. The molecule has 1 aliphatic heterocycles. The molecule has 2 aliphatic rings. The summed E-state index contributed by atoms with van der Waals surface area (Å²) >= 11 is 0. The van der Waals surface area contributed by atoms with Crippen molar-refractivity contribution in [3.63, 3.8) is 0 Å². The minimum absolute atomic E-state index is 0.227. The number of rotatable bonds is 5. The van der Waals surface area contributed by atoms with Gasteiger partial charge in [-0.15, -0.1) is 0 Å². The highest BCUT2D eigenvalue weighted by molar-refractivity contribution is 5.78. The number of nitrogens with one attached hydrogen (secondary N) is 1. The molecule has 0 aromatic carbocycles. The first kappa shape index (κ1) is 16.8. The molecule has 1 saturated carbocycles. The lowest BCUT2D eigenvalue weighted by atomic mass is 9.90. The van der Waals surface area contributed by atoms with Crippen LogP contribution in [0.5, 0.6) is 0 Å². The first-order chi connectivity index (χ1) is 10.1. The van der Waals surface area contributed by atoms with Gasteiger partial charge >= 0.3 is 0 Å². The van der Waals surface area contributed by atoms with Gasteiger partial charge in [0.1, 0.15) is 0 Å². The van der Waals surface area contributed by atoms with Crippen molar-refractivity contribution in [2.75, 3.05) is 13.1 Å². The van der Waals surface area contributed by atoms with Crippen molar-refractivity contribution in [3.8, 4) is 0 Å². The summed E-state index contributed by atoms with van der Waals surface area (Å²) in [6.07, 6.45) is 9.97. The highest BCUT2D eigenvalue weighted by atomic mass is 16.2. The molecule has 2 atom stereocenters. The Kier molecular flexibility index (Phi) is 6.53. The lowest BCUT2D eigenvalue weighted by Gasteiger charge is -2.40. The van der Waals surface area contributed by atoms with Gasteiger partial charge in [-0.1, -0.05) is 40.0 Å². The van der Waals surface area contributed by atoms with Gasteiger partial charge in [-0.05, 0) is 38.0 Å². The third-order valence-electron chi connectivity index (χ3n) is 5.38. The average Bonchev–Trinajstić information content (AvgIpc) is 2.49. The Labute approximate surface area is 130 Å². The highest BCUT2D eigenvalue weighted by Crippen LogP contribution is 2.23. The van der Waals surface area contributed by atoms with E-state index in [1.807, 2.05) is 0 Å². The lowest BCUT2D eigenvalue weighted by Crippen LogP contribution is -2.54. The largest absolute Gasteiger partial charge is 0.341 e. The number of likely N-dealkylation sites (tertiary alicyclic amines) is 1. The van der Waals surface area contributed by atoms with Crippen LogP contribution >= 0.6 is 0 Å². The van der Waals surface area contributed by atoms with Crippen LogP contribution in [0.3, 0.4) is 0 Å². The Hall–Kier alpha value is -0.570. The Morgan fingerprint density at radius 1 is 1.10 bits per heavy atom. The number of piperidine rings is 1. The van der Waals surface area contributed by atoms with Gasteiger partial charge in [0.2, 0.25) is 5.91 Å². The van der Waals surface area contributed by atoms with Crippen LogP contribution in [0.25, 0.3) is 0 Å². The van der Waals surface area contributed by atoms with Crippen molar-refractivity contribution in [1.82, 2.24) is 10.2 Å². The summed E-state index contributed by atoms with van der Waals surface area (Å²) in [6.45, 7) is 8.45. The molecule has 1 amide bonds. The van der Waals surface area contributed by atoms with Gasteiger partial charge in [0, 0.05) is 31.1 Å². The summed E-state index contributed by atoms with van der Waals surface area (Å²) in [5.41, 5.74) is 0. The summed E-state index contributed by atoms with van der Waals surface area (Å²) in [6, 6.07) is 1.20. The molecule has 0 aromatic heterocycles. The van der Waals surface area contributed by atoms with Crippen LogP contribution in [0.4, 0.5) is 0 Å². The Morgan fingerprint density at radius 3 is 2.38 bits per heavy atom. The molecule has 1 saturated heterocycles. The van der Waals surface area contributed by atoms with E-state index in [1.54, 1.807) is 0 Å². The fraction of sp³-hybridized carbons (Fsp3) is 0.944. The maximum atomic E-state index is 12.6. The van der Waals surface area contributed by atoms with Crippen LogP contribution in [0.2, 0.25) is 0 Å². The summed E-state index contributed by atoms with van der Waals surface area (Å²) in [5.74, 6) is 1.24. The van der Waals surface area contributed by atoms with Crippen molar-refractivity contribution in [1.29, 1.82) is 0 Å². The maximum Gasteiger partial charge on any atom is 0.225 e. The topological polar surface area (TPSA) is 32.3 Å². The second-order valence-electron chi connectivity index (χ2n) is 7.30.